The average Bonchev–Trinajstić information content (AvgIpc) is 3.05. The summed E-state index contributed by atoms with van der Waals surface area (Å²) in [4.78, 5) is 2.29. The molecule has 1 aliphatic rings. The Hall–Kier alpha value is -1.21. The molecule has 6 heteroatoms. The highest BCUT2D eigenvalue weighted by atomic mass is 32.2. The highest BCUT2D eigenvalue weighted by molar-refractivity contribution is 7.89. The number of hydrogen-bond acceptors (Lipinski definition) is 4. The molecule has 1 aromatic heterocycles. The Morgan fingerprint density at radius 3 is 2.62 bits per heavy atom. The summed E-state index contributed by atoms with van der Waals surface area (Å²) in [6.45, 7) is 3.66. The van der Waals surface area contributed by atoms with Gasteiger partial charge >= 0.3 is 0 Å². The molecule has 26 heavy (non-hydrogen) atoms. The van der Waals surface area contributed by atoms with Crippen molar-refractivity contribution in [2.24, 2.45) is 0 Å². The van der Waals surface area contributed by atoms with Gasteiger partial charge in [-0.1, -0.05) is 30.3 Å². The minimum absolute atomic E-state index is 0.0894. The highest BCUT2D eigenvalue weighted by Gasteiger charge is 2.28. The third-order valence-electron chi connectivity index (χ3n) is 4.68. The van der Waals surface area contributed by atoms with Gasteiger partial charge in [-0.05, 0) is 50.3 Å². The van der Waals surface area contributed by atoms with Gasteiger partial charge in [0, 0.05) is 29.5 Å². The fourth-order valence-corrected chi connectivity index (χ4v) is 5.87. The number of benzene rings is 1. The van der Waals surface area contributed by atoms with E-state index in [1.54, 1.807) is 15.6 Å². The number of ether oxygens (including phenoxy) is 1. The SMILES string of the molecule is Cc1ccc(CN(CCc2ccccc2)S(=O)(=O)CC2CCCCO2)s1. The van der Waals surface area contributed by atoms with Crippen molar-refractivity contribution >= 4 is 21.4 Å². The Morgan fingerprint density at radius 1 is 1.15 bits per heavy atom. The van der Waals surface area contributed by atoms with Crippen LogP contribution in [0.5, 0.6) is 0 Å². The molecule has 142 valence electrons. The van der Waals surface area contributed by atoms with Gasteiger partial charge in [0.25, 0.3) is 0 Å². The Kier molecular flexibility index (Phi) is 6.86. The average molecular weight is 394 g/mol. The molecule has 0 bridgehead atoms. The van der Waals surface area contributed by atoms with Crippen LogP contribution < -0.4 is 0 Å². The monoisotopic (exact) mass is 393 g/mol. The maximum absolute atomic E-state index is 13.1. The summed E-state index contributed by atoms with van der Waals surface area (Å²) in [7, 11) is -3.37. The van der Waals surface area contributed by atoms with Crippen LogP contribution in [0.1, 0.15) is 34.6 Å². The van der Waals surface area contributed by atoms with Crippen molar-refractivity contribution in [2.45, 2.75) is 45.3 Å². The van der Waals surface area contributed by atoms with Crippen LogP contribution in [0.4, 0.5) is 0 Å². The molecule has 1 saturated heterocycles. The molecule has 0 amide bonds. The lowest BCUT2D eigenvalue weighted by atomic mass is 10.1. The van der Waals surface area contributed by atoms with Gasteiger partial charge in [-0.25, -0.2) is 8.42 Å². The largest absolute Gasteiger partial charge is 0.377 e. The summed E-state index contributed by atoms with van der Waals surface area (Å²) in [6.07, 6.45) is 3.47. The summed E-state index contributed by atoms with van der Waals surface area (Å²) >= 11 is 1.66. The molecular formula is C20H27NO3S2. The van der Waals surface area contributed by atoms with Crippen LogP contribution in [0, 0.1) is 6.92 Å². The van der Waals surface area contributed by atoms with Crippen molar-refractivity contribution in [3.63, 3.8) is 0 Å². The van der Waals surface area contributed by atoms with Crippen molar-refractivity contribution in [1.82, 2.24) is 4.31 Å². The first-order chi connectivity index (χ1) is 12.5. The lowest BCUT2D eigenvalue weighted by molar-refractivity contribution is 0.0298. The van der Waals surface area contributed by atoms with E-state index in [0.717, 1.165) is 36.1 Å². The van der Waals surface area contributed by atoms with E-state index >= 15 is 0 Å². The van der Waals surface area contributed by atoms with E-state index in [-0.39, 0.29) is 11.9 Å². The molecule has 1 fully saturated rings. The van der Waals surface area contributed by atoms with Crippen LogP contribution in [0.2, 0.25) is 0 Å². The molecule has 1 atom stereocenters. The van der Waals surface area contributed by atoms with Crippen molar-refractivity contribution in [1.29, 1.82) is 0 Å². The maximum Gasteiger partial charge on any atom is 0.217 e. The van der Waals surface area contributed by atoms with Crippen LogP contribution in [0.3, 0.4) is 0 Å². The fraction of sp³-hybridized carbons (Fsp3) is 0.500. The van der Waals surface area contributed by atoms with Crippen LogP contribution in [0.15, 0.2) is 42.5 Å². The second kappa shape index (κ2) is 9.13. The van der Waals surface area contributed by atoms with Gasteiger partial charge in [-0.15, -0.1) is 11.3 Å². The lowest BCUT2D eigenvalue weighted by Crippen LogP contribution is -2.39. The molecule has 1 unspecified atom stereocenters. The first-order valence-corrected chi connectivity index (χ1v) is 11.6. The number of thiophene rings is 1. The smallest absolute Gasteiger partial charge is 0.217 e. The zero-order valence-corrected chi connectivity index (χ0v) is 16.9. The van der Waals surface area contributed by atoms with Gasteiger partial charge in [0.2, 0.25) is 10.0 Å². The second-order valence-electron chi connectivity index (χ2n) is 6.85. The van der Waals surface area contributed by atoms with Crippen LogP contribution in [-0.2, 0) is 27.7 Å². The first-order valence-electron chi connectivity index (χ1n) is 9.21. The molecule has 0 radical (unpaired) electrons. The zero-order valence-electron chi connectivity index (χ0n) is 15.3. The first kappa shape index (κ1) is 19.5. The molecule has 1 aromatic carbocycles. The molecule has 3 rings (SSSR count). The van der Waals surface area contributed by atoms with Crippen molar-refractivity contribution in [2.75, 3.05) is 18.9 Å². The van der Waals surface area contributed by atoms with E-state index in [4.69, 9.17) is 4.74 Å². The Balaban J connectivity index is 1.71. The van der Waals surface area contributed by atoms with Crippen molar-refractivity contribution in [3.8, 4) is 0 Å². The molecule has 0 aliphatic carbocycles. The van der Waals surface area contributed by atoms with Crippen molar-refractivity contribution < 1.29 is 13.2 Å². The van der Waals surface area contributed by atoms with E-state index in [2.05, 4.69) is 0 Å². The molecule has 0 saturated carbocycles. The van der Waals surface area contributed by atoms with E-state index in [1.807, 2.05) is 49.4 Å². The third kappa shape index (κ3) is 5.64. The summed E-state index contributed by atoms with van der Waals surface area (Å²) in [6, 6.07) is 14.1. The molecule has 2 heterocycles. The predicted molar refractivity (Wildman–Crippen MR) is 107 cm³/mol. The molecule has 1 aliphatic heterocycles. The van der Waals surface area contributed by atoms with Gasteiger partial charge in [-0.3, -0.25) is 0 Å². The van der Waals surface area contributed by atoms with Gasteiger partial charge in [0.15, 0.2) is 0 Å². The zero-order chi connectivity index (χ0) is 18.4. The molecule has 0 spiro atoms. The second-order valence-corrected chi connectivity index (χ2v) is 10.2. The van der Waals surface area contributed by atoms with E-state index in [9.17, 15) is 8.42 Å². The topological polar surface area (TPSA) is 46.6 Å². The summed E-state index contributed by atoms with van der Waals surface area (Å²) in [5.41, 5.74) is 1.16. The highest BCUT2D eigenvalue weighted by Crippen LogP contribution is 2.22. The minimum atomic E-state index is -3.37. The van der Waals surface area contributed by atoms with E-state index < -0.39 is 10.0 Å². The molecule has 2 aromatic rings. The lowest BCUT2D eigenvalue weighted by Gasteiger charge is -2.27. The van der Waals surface area contributed by atoms with Gasteiger partial charge in [0.05, 0.1) is 11.9 Å². The normalized spacial score (nSPS) is 18.3. The van der Waals surface area contributed by atoms with E-state index in [1.165, 1.54) is 4.88 Å². The van der Waals surface area contributed by atoms with Crippen LogP contribution in [0.25, 0.3) is 0 Å². The minimum Gasteiger partial charge on any atom is -0.377 e. The Labute approximate surface area is 160 Å². The quantitative estimate of drug-likeness (QED) is 0.681. The number of nitrogens with zero attached hydrogens (tertiary/aromatic N) is 1. The molecule has 0 N–H and O–H groups in total. The number of rotatable bonds is 8. The predicted octanol–water partition coefficient (Wildman–Crippen LogP) is 4.00. The van der Waals surface area contributed by atoms with Crippen molar-refractivity contribution in [3.05, 3.63) is 57.8 Å². The summed E-state index contributed by atoms with van der Waals surface area (Å²) in [5, 5.41) is 0. The van der Waals surface area contributed by atoms with Gasteiger partial charge in [-0.2, -0.15) is 4.31 Å². The maximum atomic E-state index is 13.1. The molecular weight excluding hydrogens is 366 g/mol. The fourth-order valence-electron chi connectivity index (χ4n) is 3.24. The number of sulfonamides is 1. The summed E-state index contributed by atoms with van der Waals surface area (Å²) < 4.78 is 33.5. The van der Waals surface area contributed by atoms with Gasteiger partial charge in [0.1, 0.15) is 0 Å². The van der Waals surface area contributed by atoms with Gasteiger partial charge < -0.3 is 4.74 Å². The number of hydrogen-bond donors (Lipinski definition) is 0. The number of aryl methyl sites for hydroxylation is 1. The third-order valence-corrected chi connectivity index (χ3v) is 7.56. The Bertz CT molecular complexity index is 780. The standard InChI is InChI=1S/C20H27NO3S2/c1-17-10-11-20(25-17)15-21(13-12-18-7-3-2-4-8-18)26(22,23)16-19-9-5-6-14-24-19/h2-4,7-8,10-11,19H,5-6,9,12-16H2,1H3. The van der Waals surface area contributed by atoms with E-state index in [0.29, 0.717) is 19.7 Å². The van der Waals surface area contributed by atoms with Crippen LogP contribution in [-0.4, -0.2) is 37.7 Å². The Morgan fingerprint density at radius 2 is 1.96 bits per heavy atom. The summed E-state index contributed by atoms with van der Waals surface area (Å²) in [5.74, 6) is 0.0894. The van der Waals surface area contributed by atoms with Crippen LogP contribution >= 0.6 is 11.3 Å². The molecule has 4 nitrogen and oxygen atoms in total.